The number of hydrogen-bond acceptors (Lipinski definition) is 8. The molecule has 1 unspecified atom stereocenters. The number of hydrogen-bond donors (Lipinski definition) is 1. The number of ether oxygens (including phenoxy) is 1. The van der Waals surface area contributed by atoms with Crippen LogP contribution in [0.15, 0.2) is 61.1 Å². The summed E-state index contributed by atoms with van der Waals surface area (Å²) < 4.78 is 47.0. The molecule has 43 heavy (non-hydrogen) atoms. The lowest BCUT2D eigenvalue weighted by molar-refractivity contribution is -0.137. The van der Waals surface area contributed by atoms with E-state index in [9.17, 15) is 18.0 Å². The largest absolute Gasteiger partial charge is 0.438 e. The van der Waals surface area contributed by atoms with Gasteiger partial charge >= 0.3 is 6.18 Å². The number of benzene rings is 2. The lowest BCUT2D eigenvalue weighted by Gasteiger charge is -2.29. The maximum atomic E-state index is 13.7. The van der Waals surface area contributed by atoms with E-state index in [0.29, 0.717) is 29.3 Å². The third-order valence-corrected chi connectivity index (χ3v) is 7.54. The van der Waals surface area contributed by atoms with E-state index < -0.39 is 17.6 Å². The predicted molar refractivity (Wildman–Crippen MR) is 158 cm³/mol. The Hall–Kier alpha value is -4.29. The number of carbonyl (C=O) groups excluding carboxylic acids is 1. The van der Waals surface area contributed by atoms with Crippen LogP contribution in [0.1, 0.15) is 35.1 Å². The van der Waals surface area contributed by atoms with Gasteiger partial charge in [-0.1, -0.05) is 18.5 Å². The average Bonchev–Trinajstić information content (AvgIpc) is 3.44. The van der Waals surface area contributed by atoms with Crippen molar-refractivity contribution in [3.63, 3.8) is 0 Å². The number of aromatic nitrogens is 4. The summed E-state index contributed by atoms with van der Waals surface area (Å²) in [6.07, 6.45) is -0.221. The first-order chi connectivity index (χ1) is 20.5. The monoisotopic (exact) mass is 611 g/mol. The van der Waals surface area contributed by atoms with Gasteiger partial charge in [-0.25, -0.2) is 19.9 Å². The maximum Gasteiger partial charge on any atom is 0.416 e. The second-order valence-corrected chi connectivity index (χ2v) is 10.6. The predicted octanol–water partition coefficient (Wildman–Crippen LogP) is 6.35. The summed E-state index contributed by atoms with van der Waals surface area (Å²) in [5.74, 6) is 0.732. The van der Waals surface area contributed by atoms with Crippen molar-refractivity contribution in [1.29, 1.82) is 0 Å². The molecule has 1 fully saturated rings. The summed E-state index contributed by atoms with van der Waals surface area (Å²) >= 11 is 6.41. The van der Waals surface area contributed by atoms with Crippen LogP contribution >= 0.6 is 11.6 Å². The number of nitrogens with one attached hydrogen (secondary N) is 1. The molecule has 4 aromatic rings. The van der Waals surface area contributed by atoms with E-state index in [-0.39, 0.29) is 33.9 Å². The zero-order chi connectivity index (χ0) is 30.7. The van der Waals surface area contributed by atoms with Gasteiger partial charge in [-0.3, -0.25) is 4.79 Å². The number of alkyl halides is 3. The Bertz CT molecular complexity index is 1640. The number of rotatable bonds is 8. The molecule has 0 saturated carbocycles. The Morgan fingerprint density at radius 2 is 1.98 bits per heavy atom. The van der Waals surface area contributed by atoms with Crippen LogP contribution in [0.3, 0.4) is 0 Å². The summed E-state index contributed by atoms with van der Waals surface area (Å²) in [6.45, 7) is 3.51. The van der Waals surface area contributed by atoms with Crippen molar-refractivity contribution in [3.05, 3.63) is 83.0 Å². The zero-order valence-corrected chi connectivity index (χ0v) is 24.4. The third kappa shape index (κ3) is 6.86. The second-order valence-electron chi connectivity index (χ2n) is 10.2. The fourth-order valence-corrected chi connectivity index (χ4v) is 5.03. The number of pyridine rings is 1. The molecule has 1 saturated heterocycles. The number of aryl methyl sites for hydroxylation is 1. The van der Waals surface area contributed by atoms with Crippen molar-refractivity contribution in [2.45, 2.75) is 32.0 Å². The van der Waals surface area contributed by atoms with E-state index in [1.165, 1.54) is 24.5 Å². The van der Waals surface area contributed by atoms with Gasteiger partial charge in [0, 0.05) is 44.0 Å². The molecule has 2 aromatic carbocycles. The van der Waals surface area contributed by atoms with Crippen molar-refractivity contribution in [1.82, 2.24) is 24.8 Å². The van der Waals surface area contributed by atoms with Crippen LogP contribution < -0.4 is 15.0 Å². The molecular weight excluding hydrogens is 583 g/mol. The fraction of sp³-hybridized carbons (Fsp3) is 0.300. The quantitative estimate of drug-likeness (QED) is 0.246. The van der Waals surface area contributed by atoms with Gasteiger partial charge in [-0.2, -0.15) is 13.2 Å². The Kier molecular flexibility index (Phi) is 8.79. The lowest BCUT2D eigenvalue weighted by Crippen LogP contribution is -2.35. The summed E-state index contributed by atoms with van der Waals surface area (Å²) in [5, 5.41) is 2.85. The SMILES string of the molecule is CCc1ncnc(-c2cccnc2Oc2ccc(Cl)c(NC(=O)c3cc(C(F)(F)F)ccc3N(C)C3CCN(C)C3)c2)n1. The summed E-state index contributed by atoms with van der Waals surface area (Å²) in [5.41, 5.74) is 0.0175. The Balaban J connectivity index is 1.44. The molecule has 0 aliphatic carbocycles. The molecule has 0 spiro atoms. The van der Waals surface area contributed by atoms with Crippen molar-refractivity contribution in [3.8, 4) is 23.0 Å². The van der Waals surface area contributed by atoms with Crippen molar-refractivity contribution < 1.29 is 22.7 Å². The highest BCUT2D eigenvalue weighted by molar-refractivity contribution is 6.34. The summed E-state index contributed by atoms with van der Waals surface area (Å²) in [7, 11) is 3.76. The summed E-state index contributed by atoms with van der Waals surface area (Å²) in [6, 6.07) is 11.3. The molecule has 1 N–H and O–H groups in total. The molecule has 13 heteroatoms. The van der Waals surface area contributed by atoms with Crippen LogP contribution in [0.5, 0.6) is 11.6 Å². The fourth-order valence-electron chi connectivity index (χ4n) is 4.86. The number of likely N-dealkylation sites (N-methyl/N-ethyl adjacent to an activating group) is 2. The highest BCUT2D eigenvalue weighted by atomic mass is 35.5. The Morgan fingerprint density at radius 3 is 2.70 bits per heavy atom. The molecule has 1 amide bonds. The molecule has 0 radical (unpaired) electrons. The molecule has 5 rings (SSSR count). The van der Waals surface area contributed by atoms with Crippen molar-refractivity contribution in [2.24, 2.45) is 0 Å². The minimum absolute atomic E-state index is 0.0407. The number of nitrogens with zero attached hydrogens (tertiary/aromatic N) is 6. The van der Waals surface area contributed by atoms with Gasteiger partial charge in [0.25, 0.3) is 5.91 Å². The van der Waals surface area contributed by atoms with Crippen molar-refractivity contribution >= 4 is 28.9 Å². The molecular formula is C30H29ClF3N7O2. The van der Waals surface area contributed by atoms with Crippen LogP contribution in [0.2, 0.25) is 5.02 Å². The first-order valence-corrected chi connectivity index (χ1v) is 14.0. The molecule has 1 aliphatic heterocycles. The smallest absolute Gasteiger partial charge is 0.416 e. The van der Waals surface area contributed by atoms with E-state index in [1.807, 2.05) is 18.9 Å². The first-order valence-electron chi connectivity index (χ1n) is 13.6. The van der Waals surface area contributed by atoms with E-state index >= 15 is 0 Å². The van der Waals surface area contributed by atoms with Gasteiger partial charge in [0.1, 0.15) is 17.9 Å². The normalized spacial score (nSPS) is 15.4. The number of likely N-dealkylation sites (tertiary alicyclic amines) is 1. The molecule has 2 aromatic heterocycles. The molecule has 1 atom stereocenters. The van der Waals surface area contributed by atoms with Crippen LogP contribution in [0, 0.1) is 0 Å². The van der Waals surface area contributed by atoms with E-state index in [4.69, 9.17) is 16.3 Å². The number of carbonyl (C=O) groups is 1. The Labute approximate surface area is 251 Å². The molecule has 3 heterocycles. The highest BCUT2D eigenvalue weighted by Crippen LogP contribution is 2.36. The average molecular weight is 612 g/mol. The molecule has 1 aliphatic rings. The summed E-state index contributed by atoms with van der Waals surface area (Å²) in [4.78, 5) is 34.7. The number of anilines is 2. The lowest BCUT2D eigenvalue weighted by atomic mass is 10.0. The van der Waals surface area contributed by atoms with Gasteiger partial charge in [0.05, 0.1) is 27.4 Å². The molecule has 9 nitrogen and oxygen atoms in total. The first kappa shape index (κ1) is 30.2. The van der Waals surface area contributed by atoms with Crippen LogP contribution in [0.4, 0.5) is 24.5 Å². The minimum Gasteiger partial charge on any atom is -0.438 e. The van der Waals surface area contributed by atoms with Crippen molar-refractivity contribution in [2.75, 3.05) is 37.4 Å². The van der Waals surface area contributed by atoms with Crippen LogP contribution in [-0.2, 0) is 12.6 Å². The Morgan fingerprint density at radius 1 is 1.16 bits per heavy atom. The van der Waals surface area contributed by atoms with Gasteiger partial charge in [0.15, 0.2) is 5.82 Å². The van der Waals surface area contributed by atoms with Crippen LogP contribution in [-0.4, -0.2) is 64.0 Å². The molecule has 0 bridgehead atoms. The van der Waals surface area contributed by atoms with Gasteiger partial charge < -0.3 is 19.9 Å². The number of amides is 1. The maximum absolute atomic E-state index is 13.7. The van der Waals surface area contributed by atoms with Crippen LogP contribution in [0.25, 0.3) is 11.4 Å². The van der Waals surface area contributed by atoms with Gasteiger partial charge in [-0.05, 0) is 62.5 Å². The van der Waals surface area contributed by atoms with Gasteiger partial charge in [0.2, 0.25) is 5.88 Å². The van der Waals surface area contributed by atoms with E-state index in [0.717, 1.165) is 31.6 Å². The third-order valence-electron chi connectivity index (χ3n) is 7.21. The second kappa shape index (κ2) is 12.5. The zero-order valence-electron chi connectivity index (χ0n) is 23.7. The van der Waals surface area contributed by atoms with Gasteiger partial charge in [-0.15, -0.1) is 0 Å². The number of halogens is 4. The topological polar surface area (TPSA) is 96.4 Å². The van der Waals surface area contributed by atoms with E-state index in [2.05, 4.69) is 30.2 Å². The van der Waals surface area contributed by atoms with E-state index in [1.54, 1.807) is 31.4 Å². The highest BCUT2D eigenvalue weighted by Gasteiger charge is 2.33. The molecule has 224 valence electrons. The standard InChI is InChI=1S/C30H29ClF3N7O2/c1-4-26-36-17-37-27(39-26)21-6-5-12-35-29(21)43-20-8-9-23(31)24(15-20)38-28(42)22-14-18(30(32,33)34)7-10-25(22)41(3)19-11-13-40(2)16-19/h5-10,12,14-15,17,19H,4,11,13,16H2,1-3H3,(H,38,42). The minimum atomic E-state index is -4.62.